The van der Waals surface area contributed by atoms with Crippen LogP contribution in [0.3, 0.4) is 0 Å². The minimum atomic E-state index is -3.48. The van der Waals surface area contributed by atoms with E-state index in [0.29, 0.717) is 18.9 Å². The smallest absolute Gasteiger partial charge is 0.244 e. The van der Waals surface area contributed by atoms with E-state index in [2.05, 4.69) is 10.0 Å². The van der Waals surface area contributed by atoms with Gasteiger partial charge in [-0.25, -0.2) is 13.1 Å². The Bertz CT molecular complexity index is 472. The third kappa shape index (κ3) is 3.69. The van der Waals surface area contributed by atoms with Gasteiger partial charge in [0.25, 0.3) is 0 Å². The number of hydrogen-bond acceptors (Lipinski definition) is 4. The molecule has 1 rings (SSSR count). The largest absolute Gasteiger partial charge is 0.491 e. The Labute approximate surface area is 102 Å². The zero-order valence-electron chi connectivity index (χ0n) is 10.3. The summed E-state index contributed by atoms with van der Waals surface area (Å²) in [5.41, 5.74) is 0.875. The van der Waals surface area contributed by atoms with Crippen LogP contribution in [0.1, 0.15) is 5.56 Å². The average Bonchev–Trinajstić information content (AvgIpc) is 2.31. The highest BCUT2D eigenvalue weighted by atomic mass is 32.2. The zero-order chi connectivity index (χ0) is 12.9. The van der Waals surface area contributed by atoms with Crippen molar-refractivity contribution >= 4 is 10.0 Å². The first-order valence-electron chi connectivity index (χ1n) is 5.33. The molecule has 0 fully saturated rings. The Kier molecular flexibility index (Phi) is 4.92. The van der Waals surface area contributed by atoms with Crippen molar-refractivity contribution in [3.8, 4) is 5.75 Å². The summed E-state index contributed by atoms with van der Waals surface area (Å²) in [7, 11) is -0.291. The van der Waals surface area contributed by atoms with Gasteiger partial charge in [0.1, 0.15) is 17.3 Å². The van der Waals surface area contributed by atoms with E-state index in [9.17, 15) is 8.42 Å². The number of likely N-dealkylation sites (N-methyl/N-ethyl adjacent to an activating group) is 1. The molecule has 0 atom stereocenters. The predicted molar refractivity (Wildman–Crippen MR) is 66.8 cm³/mol. The number of hydrogen-bond donors (Lipinski definition) is 2. The lowest BCUT2D eigenvalue weighted by atomic mass is 10.2. The topological polar surface area (TPSA) is 67.4 Å². The first-order valence-corrected chi connectivity index (χ1v) is 6.81. The number of ether oxygens (including phenoxy) is 1. The molecule has 96 valence electrons. The minimum Gasteiger partial charge on any atom is -0.491 e. The summed E-state index contributed by atoms with van der Waals surface area (Å²) in [5, 5.41) is 2.93. The second-order valence-corrected chi connectivity index (χ2v) is 5.46. The van der Waals surface area contributed by atoms with Gasteiger partial charge in [0.2, 0.25) is 10.0 Å². The standard InChI is InChI=1S/C11H18N2O3S/c1-9-4-5-10(16-7-6-12-2)11(8-9)17(14,15)13-3/h4-5,8,12-13H,6-7H2,1-3H3. The van der Waals surface area contributed by atoms with Crippen LogP contribution in [-0.2, 0) is 10.0 Å². The SMILES string of the molecule is CNCCOc1ccc(C)cc1S(=O)(=O)NC. The maximum Gasteiger partial charge on any atom is 0.244 e. The minimum absolute atomic E-state index is 0.177. The number of benzene rings is 1. The molecule has 1 aromatic carbocycles. The maximum absolute atomic E-state index is 11.8. The first-order chi connectivity index (χ1) is 8.01. The molecule has 6 heteroatoms. The molecule has 0 bridgehead atoms. The molecule has 0 saturated carbocycles. The first kappa shape index (κ1) is 14.0. The van der Waals surface area contributed by atoms with Gasteiger partial charge in [-0.1, -0.05) is 6.07 Å². The fourth-order valence-corrected chi connectivity index (χ4v) is 2.27. The lowest BCUT2D eigenvalue weighted by Crippen LogP contribution is -2.21. The van der Waals surface area contributed by atoms with Crippen molar-refractivity contribution in [2.45, 2.75) is 11.8 Å². The Morgan fingerprint density at radius 1 is 1.29 bits per heavy atom. The summed E-state index contributed by atoms with van der Waals surface area (Å²) in [4.78, 5) is 0.177. The normalized spacial score (nSPS) is 11.5. The van der Waals surface area contributed by atoms with Gasteiger partial charge in [-0.15, -0.1) is 0 Å². The molecule has 0 spiro atoms. The van der Waals surface area contributed by atoms with Crippen LogP contribution in [0.2, 0.25) is 0 Å². The van der Waals surface area contributed by atoms with Crippen molar-refractivity contribution in [2.75, 3.05) is 27.2 Å². The molecule has 0 unspecified atom stereocenters. The van der Waals surface area contributed by atoms with E-state index in [0.717, 1.165) is 5.56 Å². The van der Waals surface area contributed by atoms with Crippen LogP contribution in [0, 0.1) is 6.92 Å². The van der Waals surface area contributed by atoms with Crippen LogP contribution < -0.4 is 14.8 Å². The molecular formula is C11H18N2O3S. The molecule has 0 radical (unpaired) electrons. The van der Waals surface area contributed by atoms with Gasteiger partial charge in [0.05, 0.1) is 0 Å². The summed E-state index contributed by atoms with van der Waals surface area (Å²) < 4.78 is 31.3. The van der Waals surface area contributed by atoms with Crippen molar-refractivity contribution in [3.05, 3.63) is 23.8 Å². The van der Waals surface area contributed by atoms with Crippen molar-refractivity contribution in [1.29, 1.82) is 0 Å². The van der Waals surface area contributed by atoms with E-state index in [4.69, 9.17) is 4.74 Å². The fraction of sp³-hybridized carbons (Fsp3) is 0.455. The Hall–Kier alpha value is -1.11. The summed E-state index contributed by atoms with van der Waals surface area (Å²) in [6.07, 6.45) is 0. The van der Waals surface area contributed by atoms with Gasteiger partial charge in [-0.05, 0) is 38.7 Å². The molecule has 0 aromatic heterocycles. The third-order valence-electron chi connectivity index (χ3n) is 2.27. The monoisotopic (exact) mass is 258 g/mol. The van der Waals surface area contributed by atoms with Crippen LogP contribution in [0.5, 0.6) is 5.75 Å². The fourth-order valence-electron chi connectivity index (χ4n) is 1.32. The summed E-state index contributed by atoms with van der Waals surface area (Å²) in [5.74, 6) is 0.375. The molecular weight excluding hydrogens is 240 g/mol. The quantitative estimate of drug-likeness (QED) is 0.729. The highest BCUT2D eigenvalue weighted by Crippen LogP contribution is 2.24. The molecule has 5 nitrogen and oxygen atoms in total. The van der Waals surface area contributed by atoms with E-state index in [1.807, 2.05) is 20.0 Å². The Morgan fingerprint density at radius 2 is 2.00 bits per heavy atom. The highest BCUT2D eigenvalue weighted by Gasteiger charge is 2.17. The average molecular weight is 258 g/mol. The van der Waals surface area contributed by atoms with E-state index in [1.54, 1.807) is 12.1 Å². The van der Waals surface area contributed by atoms with Gasteiger partial charge >= 0.3 is 0 Å². The highest BCUT2D eigenvalue weighted by molar-refractivity contribution is 7.89. The Balaban J connectivity index is 3.04. The van der Waals surface area contributed by atoms with Crippen LogP contribution in [0.25, 0.3) is 0 Å². The van der Waals surface area contributed by atoms with Gasteiger partial charge in [-0.2, -0.15) is 0 Å². The van der Waals surface area contributed by atoms with Crippen molar-refractivity contribution in [3.63, 3.8) is 0 Å². The van der Waals surface area contributed by atoms with Crippen LogP contribution in [0.4, 0.5) is 0 Å². The molecule has 0 aliphatic carbocycles. The molecule has 2 N–H and O–H groups in total. The lowest BCUT2D eigenvalue weighted by Gasteiger charge is -2.12. The van der Waals surface area contributed by atoms with Crippen molar-refractivity contribution in [2.24, 2.45) is 0 Å². The van der Waals surface area contributed by atoms with E-state index >= 15 is 0 Å². The van der Waals surface area contributed by atoms with Crippen molar-refractivity contribution in [1.82, 2.24) is 10.0 Å². The van der Waals surface area contributed by atoms with E-state index < -0.39 is 10.0 Å². The summed E-state index contributed by atoms with van der Waals surface area (Å²) >= 11 is 0. The number of sulfonamides is 1. The molecule has 17 heavy (non-hydrogen) atoms. The second-order valence-electron chi connectivity index (χ2n) is 3.61. The van der Waals surface area contributed by atoms with Gasteiger partial charge < -0.3 is 10.1 Å². The number of aryl methyl sites for hydroxylation is 1. The van der Waals surface area contributed by atoms with Gasteiger partial charge in [-0.3, -0.25) is 0 Å². The third-order valence-corrected chi connectivity index (χ3v) is 3.70. The van der Waals surface area contributed by atoms with Gasteiger partial charge in [0.15, 0.2) is 0 Å². The van der Waals surface area contributed by atoms with E-state index in [1.165, 1.54) is 7.05 Å². The van der Waals surface area contributed by atoms with E-state index in [-0.39, 0.29) is 4.90 Å². The summed E-state index contributed by atoms with van der Waals surface area (Å²) in [6, 6.07) is 5.10. The molecule has 0 heterocycles. The molecule has 0 aliphatic rings. The van der Waals surface area contributed by atoms with Crippen molar-refractivity contribution < 1.29 is 13.2 Å². The Morgan fingerprint density at radius 3 is 2.59 bits per heavy atom. The number of nitrogens with one attached hydrogen (secondary N) is 2. The van der Waals surface area contributed by atoms with Gasteiger partial charge in [0, 0.05) is 6.54 Å². The second kappa shape index (κ2) is 6.00. The zero-order valence-corrected chi connectivity index (χ0v) is 11.1. The molecule has 0 aliphatic heterocycles. The molecule has 0 amide bonds. The van der Waals surface area contributed by atoms with Crippen LogP contribution in [-0.4, -0.2) is 35.7 Å². The number of rotatable bonds is 6. The lowest BCUT2D eigenvalue weighted by molar-refractivity contribution is 0.310. The molecule has 1 aromatic rings. The van der Waals surface area contributed by atoms with Crippen LogP contribution >= 0.6 is 0 Å². The summed E-state index contributed by atoms with van der Waals surface area (Å²) in [6.45, 7) is 2.92. The maximum atomic E-state index is 11.8. The van der Waals surface area contributed by atoms with Crippen LogP contribution in [0.15, 0.2) is 23.1 Å². The predicted octanol–water partition coefficient (Wildman–Crippen LogP) is 0.501. The molecule has 0 saturated heterocycles.